The van der Waals surface area contributed by atoms with Crippen molar-refractivity contribution in [2.45, 2.75) is 82.0 Å². The van der Waals surface area contributed by atoms with Gasteiger partial charge in [-0.25, -0.2) is 9.59 Å². The third-order valence-electron chi connectivity index (χ3n) is 5.06. The Hall–Kier alpha value is -1.81. The van der Waals surface area contributed by atoms with E-state index in [9.17, 15) is 19.2 Å². The van der Waals surface area contributed by atoms with Crippen LogP contribution in [0.2, 0.25) is 0 Å². The monoisotopic (exact) mass is 428 g/mol. The van der Waals surface area contributed by atoms with E-state index in [1.54, 1.807) is 0 Å². The topological polar surface area (TPSA) is 131 Å². The number of urea groups is 1. The van der Waals surface area contributed by atoms with Gasteiger partial charge in [-0.1, -0.05) is 26.2 Å². The van der Waals surface area contributed by atoms with Crippen molar-refractivity contribution < 1.29 is 24.0 Å². The van der Waals surface area contributed by atoms with Crippen LogP contribution >= 0.6 is 11.8 Å². The smallest absolute Gasteiger partial charge is 0.332 e. The lowest BCUT2D eigenvalue weighted by Gasteiger charge is -2.16. The molecule has 4 N–H and O–H groups in total. The first-order chi connectivity index (χ1) is 14.0. The van der Waals surface area contributed by atoms with Gasteiger partial charge in [0.15, 0.2) is 0 Å². The zero-order valence-corrected chi connectivity index (χ0v) is 17.8. The van der Waals surface area contributed by atoms with Crippen LogP contribution in [0.1, 0.15) is 64.7 Å². The fourth-order valence-electron chi connectivity index (χ4n) is 3.46. The second kappa shape index (κ2) is 12.0. The summed E-state index contributed by atoms with van der Waals surface area (Å²) in [5, 5.41) is 6.76. The van der Waals surface area contributed by atoms with Crippen LogP contribution < -0.4 is 16.4 Å². The fraction of sp³-hybridized carbons (Fsp3) is 0.789. The van der Waals surface area contributed by atoms with E-state index >= 15 is 0 Å². The average Bonchev–Trinajstić information content (AvgIpc) is 3.34. The third kappa shape index (κ3) is 7.18. The van der Waals surface area contributed by atoms with E-state index in [0.29, 0.717) is 16.7 Å². The summed E-state index contributed by atoms with van der Waals surface area (Å²) >= 11 is 1.83. The molecule has 4 amide bonds. The van der Waals surface area contributed by atoms with Crippen molar-refractivity contribution in [3.05, 3.63) is 0 Å². The highest BCUT2D eigenvalue weighted by molar-refractivity contribution is 8.00. The summed E-state index contributed by atoms with van der Waals surface area (Å²) in [5.41, 5.74) is 5.21. The predicted molar refractivity (Wildman–Crippen MR) is 110 cm³/mol. The maximum Gasteiger partial charge on any atom is 0.333 e. The van der Waals surface area contributed by atoms with Crippen molar-refractivity contribution in [1.82, 2.24) is 15.7 Å². The zero-order valence-electron chi connectivity index (χ0n) is 17.0. The van der Waals surface area contributed by atoms with Gasteiger partial charge in [-0.3, -0.25) is 9.59 Å². The molecule has 3 rings (SSSR count). The van der Waals surface area contributed by atoms with E-state index in [0.717, 1.165) is 25.1 Å². The number of rotatable bonds is 9. The van der Waals surface area contributed by atoms with Crippen molar-refractivity contribution in [1.29, 1.82) is 0 Å². The maximum absolute atomic E-state index is 11.7. The molecule has 0 aromatic rings. The Morgan fingerprint density at radius 3 is 2.48 bits per heavy atom. The predicted octanol–water partition coefficient (Wildman–Crippen LogP) is 1.45. The van der Waals surface area contributed by atoms with Gasteiger partial charge >= 0.3 is 12.0 Å². The molecule has 0 aliphatic carbocycles. The van der Waals surface area contributed by atoms with Crippen molar-refractivity contribution >= 4 is 35.6 Å². The van der Waals surface area contributed by atoms with Crippen LogP contribution in [-0.2, 0) is 19.2 Å². The number of fused-ring (bicyclic) bond motifs is 1. The van der Waals surface area contributed by atoms with Gasteiger partial charge in [0.25, 0.3) is 11.8 Å². The number of amides is 4. The minimum atomic E-state index is -0.554. The van der Waals surface area contributed by atoms with E-state index in [1.165, 1.54) is 19.3 Å². The van der Waals surface area contributed by atoms with Crippen LogP contribution in [0.5, 0.6) is 0 Å². The number of hydrogen-bond donors (Lipinski definition) is 3. The van der Waals surface area contributed by atoms with E-state index in [4.69, 9.17) is 10.6 Å². The number of nitrogens with two attached hydrogens (primary N) is 1. The van der Waals surface area contributed by atoms with Crippen molar-refractivity contribution in [2.75, 3.05) is 12.3 Å². The van der Waals surface area contributed by atoms with Gasteiger partial charge in [-0.05, 0) is 25.8 Å². The van der Waals surface area contributed by atoms with Crippen LogP contribution in [-0.4, -0.2) is 58.5 Å². The summed E-state index contributed by atoms with van der Waals surface area (Å²) in [4.78, 5) is 50.5. The Morgan fingerprint density at radius 1 is 1.14 bits per heavy atom. The summed E-state index contributed by atoms with van der Waals surface area (Å²) < 4.78 is 0. The average molecular weight is 429 g/mol. The highest BCUT2D eigenvalue weighted by Crippen LogP contribution is 2.33. The van der Waals surface area contributed by atoms with Crippen LogP contribution in [0.25, 0.3) is 0 Å². The molecule has 0 spiro atoms. The summed E-state index contributed by atoms with van der Waals surface area (Å²) in [5.74, 6) is -0.557. The first-order valence-corrected chi connectivity index (χ1v) is 11.5. The second-order valence-corrected chi connectivity index (χ2v) is 8.68. The standard InChI is InChI=1S/C14H19N3O5S.C5H13N/c18-10-5-6-11(19)17(10)22-12(20)4-2-1-3-9-13-8(7-23-9)15-14(21)16-13;1-2-3-4-5-6/h8-9,13H,1-7H2,(H2,15,16,21);2-6H2,1H3/t8-,9-,13-;/m0./s1. The van der Waals surface area contributed by atoms with Gasteiger partial charge in [-0.15, -0.1) is 5.06 Å². The van der Waals surface area contributed by atoms with E-state index in [-0.39, 0.29) is 37.4 Å². The normalized spacial score (nSPS) is 25.2. The van der Waals surface area contributed by atoms with Gasteiger partial charge in [-0.2, -0.15) is 11.8 Å². The molecular formula is C19H32N4O5S. The Kier molecular flexibility index (Phi) is 9.72. The van der Waals surface area contributed by atoms with E-state index in [2.05, 4.69) is 17.6 Å². The van der Waals surface area contributed by atoms with Gasteiger partial charge in [0.1, 0.15) is 0 Å². The number of imide groups is 1. The third-order valence-corrected chi connectivity index (χ3v) is 6.57. The number of nitrogens with zero attached hydrogens (tertiary/aromatic N) is 1. The molecule has 3 heterocycles. The second-order valence-electron chi connectivity index (χ2n) is 7.41. The molecule has 0 saturated carbocycles. The molecular weight excluding hydrogens is 396 g/mol. The van der Waals surface area contributed by atoms with Gasteiger partial charge in [0.05, 0.1) is 12.1 Å². The van der Waals surface area contributed by atoms with E-state index in [1.807, 2.05) is 11.8 Å². The van der Waals surface area contributed by atoms with Crippen molar-refractivity contribution in [3.63, 3.8) is 0 Å². The molecule has 29 heavy (non-hydrogen) atoms. The largest absolute Gasteiger partial charge is 0.333 e. The number of hydrogen-bond acceptors (Lipinski definition) is 7. The number of nitrogens with one attached hydrogen (secondary N) is 2. The number of hydroxylamine groups is 2. The Morgan fingerprint density at radius 2 is 1.86 bits per heavy atom. The summed E-state index contributed by atoms with van der Waals surface area (Å²) in [6.45, 7) is 3.03. The molecule has 0 aromatic heterocycles. The number of unbranched alkanes of at least 4 members (excludes halogenated alkanes) is 3. The van der Waals surface area contributed by atoms with Crippen molar-refractivity contribution in [2.24, 2.45) is 5.73 Å². The fourth-order valence-corrected chi connectivity index (χ4v) is 5.00. The molecule has 3 atom stereocenters. The lowest BCUT2D eigenvalue weighted by Crippen LogP contribution is -2.36. The maximum atomic E-state index is 11.7. The first kappa shape index (κ1) is 23.5. The van der Waals surface area contributed by atoms with Gasteiger partial charge < -0.3 is 21.2 Å². The lowest BCUT2D eigenvalue weighted by atomic mass is 10.0. The summed E-state index contributed by atoms with van der Waals surface area (Å²) in [7, 11) is 0. The molecule has 10 heteroatoms. The van der Waals surface area contributed by atoms with Crippen LogP contribution in [0.4, 0.5) is 4.79 Å². The van der Waals surface area contributed by atoms with Crippen molar-refractivity contribution in [3.8, 4) is 0 Å². The molecule has 9 nitrogen and oxygen atoms in total. The van der Waals surface area contributed by atoms with Crippen LogP contribution in [0, 0.1) is 0 Å². The molecule has 0 unspecified atom stereocenters. The van der Waals surface area contributed by atoms with E-state index < -0.39 is 17.8 Å². The molecule has 0 bridgehead atoms. The van der Waals surface area contributed by atoms with Gasteiger partial charge in [0, 0.05) is 30.3 Å². The van der Waals surface area contributed by atoms with Crippen LogP contribution in [0.15, 0.2) is 0 Å². The van der Waals surface area contributed by atoms with Gasteiger partial charge in [0.2, 0.25) is 0 Å². The Balaban J connectivity index is 0.000000438. The molecule has 3 saturated heterocycles. The molecule has 3 aliphatic rings. The lowest BCUT2D eigenvalue weighted by molar-refractivity contribution is -0.197. The summed E-state index contributed by atoms with van der Waals surface area (Å²) in [6.07, 6.45) is 6.50. The molecule has 0 aromatic carbocycles. The number of thioether (sulfide) groups is 1. The zero-order chi connectivity index (χ0) is 21.2. The molecule has 3 aliphatic heterocycles. The highest BCUT2D eigenvalue weighted by atomic mass is 32.2. The SMILES string of the molecule is CCCCCN.O=C1N[C@H]2[C@H](CS[C@H]2CCCCC(=O)ON2C(=O)CCC2=O)N1. The van der Waals surface area contributed by atoms with Crippen LogP contribution in [0.3, 0.4) is 0 Å². The molecule has 3 fully saturated rings. The molecule has 164 valence electrons. The number of carbonyl (C=O) groups excluding carboxylic acids is 4. The first-order valence-electron chi connectivity index (χ1n) is 10.4. The summed E-state index contributed by atoms with van der Waals surface area (Å²) in [6, 6.07) is 0.266. The quantitative estimate of drug-likeness (QED) is 0.288. The Labute approximate surface area is 175 Å². The number of carbonyl (C=O) groups is 4. The molecule has 0 radical (unpaired) electrons. The highest BCUT2D eigenvalue weighted by Gasteiger charge is 2.42. The minimum Gasteiger partial charge on any atom is -0.332 e. The minimum absolute atomic E-state index is 0.103. The Bertz CT molecular complexity index is 583.